The first-order valence-electron chi connectivity index (χ1n) is 10.7. The number of nitrogens with zero attached hydrogens (tertiary/aromatic N) is 4. The first kappa shape index (κ1) is 23.3. The Balaban J connectivity index is 1.63. The number of aromatic nitrogens is 2. The van der Waals surface area contributed by atoms with E-state index >= 15 is 0 Å². The largest absolute Gasteiger partial charge is 0.474 e. The number of hydrogen-bond donors (Lipinski definition) is 2. The normalized spacial score (nSPS) is 13.8. The molecule has 1 amide bonds. The number of rotatable bonds is 10. The first-order valence-corrected chi connectivity index (χ1v) is 10.7. The number of anilines is 2. The molecule has 1 aromatic heterocycles. The van der Waals surface area contributed by atoms with Crippen molar-refractivity contribution in [3.63, 3.8) is 0 Å². The molecule has 3 rings (SSSR count). The van der Waals surface area contributed by atoms with Crippen LogP contribution in [0.3, 0.4) is 0 Å². The summed E-state index contributed by atoms with van der Waals surface area (Å²) >= 11 is 0. The van der Waals surface area contributed by atoms with Gasteiger partial charge in [0, 0.05) is 25.7 Å². The summed E-state index contributed by atoms with van der Waals surface area (Å²) in [5.41, 5.74) is 5.00. The molecule has 2 heterocycles. The number of nitrogens with one attached hydrogen (secondary N) is 2. The summed E-state index contributed by atoms with van der Waals surface area (Å²) < 4.78 is 16.2. The van der Waals surface area contributed by atoms with Crippen molar-refractivity contribution in [3.8, 4) is 5.88 Å². The van der Waals surface area contributed by atoms with Crippen LogP contribution < -0.4 is 20.4 Å². The van der Waals surface area contributed by atoms with Gasteiger partial charge in [-0.1, -0.05) is 36.8 Å². The van der Waals surface area contributed by atoms with Gasteiger partial charge >= 0.3 is 6.09 Å². The van der Waals surface area contributed by atoms with E-state index in [0.717, 1.165) is 30.6 Å². The van der Waals surface area contributed by atoms with E-state index in [-0.39, 0.29) is 13.2 Å². The second-order valence-electron chi connectivity index (χ2n) is 7.18. The Morgan fingerprint density at radius 2 is 2.09 bits per heavy atom. The maximum absolute atomic E-state index is 11.5. The van der Waals surface area contributed by atoms with E-state index in [1.807, 2.05) is 38.1 Å². The molecule has 0 bridgehead atoms. The van der Waals surface area contributed by atoms with Crippen molar-refractivity contribution in [3.05, 3.63) is 41.5 Å². The molecule has 0 unspecified atom stereocenters. The summed E-state index contributed by atoms with van der Waals surface area (Å²) in [6.07, 6.45) is 2.10. The number of aryl methyl sites for hydroxylation is 1. The molecule has 1 saturated heterocycles. The zero-order valence-electron chi connectivity index (χ0n) is 18.5. The number of alkyl carbamates (subject to hydrolysis) is 1. The lowest BCUT2D eigenvalue weighted by Gasteiger charge is -2.28. The number of ether oxygens (including phenoxy) is 3. The highest BCUT2D eigenvalue weighted by molar-refractivity contribution is 5.80. The summed E-state index contributed by atoms with van der Waals surface area (Å²) in [6, 6.07) is 9.76. The second kappa shape index (κ2) is 12.5. The first-order chi connectivity index (χ1) is 15.6. The molecule has 0 atom stereocenters. The lowest BCUT2D eigenvalue weighted by atomic mass is 10.2. The quantitative estimate of drug-likeness (QED) is 0.328. The fourth-order valence-electron chi connectivity index (χ4n) is 2.96. The van der Waals surface area contributed by atoms with Gasteiger partial charge in [-0.05, 0) is 18.9 Å². The Bertz CT molecular complexity index is 902. The van der Waals surface area contributed by atoms with E-state index in [2.05, 4.69) is 30.7 Å². The number of amides is 1. The minimum atomic E-state index is -0.458. The van der Waals surface area contributed by atoms with Crippen LogP contribution in [-0.2, 0) is 9.47 Å². The van der Waals surface area contributed by atoms with E-state index in [4.69, 9.17) is 14.2 Å². The van der Waals surface area contributed by atoms with Crippen LogP contribution in [0.15, 0.2) is 35.4 Å². The molecule has 2 N–H and O–H groups in total. The Kier molecular flexibility index (Phi) is 9.05. The number of carbonyl (C=O) groups is 1. The Labute approximate surface area is 188 Å². The summed E-state index contributed by atoms with van der Waals surface area (Å²) in [6.45, 7) is 7.58. The average Bonchev–Trinajstić information content (AvgIpc) is 2.81. The van der Waals surface area contributed by atoms with E-state index in [1.165, 1.54) is 0 Å². The van der Waals surface area contributed by atoms with Gasteiger partial charge in [0.15, 0.2) is 0 Å². The third-order valence-corrected chi connectivity index (χ3v) is 4.53. The van der Waals surface area contributed by atoms with Crippen LogP contribution in [0.1, 0.15) is 24.5 Å². The van der Waals surface area contributed by atoms with Crippen LogP contribution in [0.25, 0.3) is 0 Å². The lowest BCUT2D eigenvalue weighted by molar-refractivity contribution is 0.122. The van der Waals surface area contributed by atoms with E-state index in [1.54, 1.807) is 12.3 Å². The van der Waals surface area contributed by atoms with Gasteiger partial charge in [0.25, 0.3) is 0 Å². The third kappa shape index (κ3) is 7.69. The monoisotopic (exact) mass is 442 g/mol. The fraction of sp³-hybridized carbons (Fsp3) is 0.455. The molecule has 0 spiro atoms. The molecule has 10 heteroatoms. The lowest BCUT2D eigenvalue weighted by Crippen LogP contribution is -2.36. The highest BCUT2D eigenvalue weighted by Crippen LogP contribution is 2.21. The van der Waals surface area contributed by atoms with Crippen molar-refractivity contribution in [1.29, 1.82) is 0 Å². The Morgan fingerprint density at radius 1 is 1.25 bits per heavy atom. The molecule has 0 saturated carbocycles. The number of hydrazone groups is 1. The summed E-state index contributed by atoms with van der Waals surface area (Å²) in [4.78, 5) is 22.6. The van der Waals surface area contributed by atoms with Gasteiger partial charge < -0.3 is 24.4 Å². The fourth-order valence-corrected chi connectivity index (χ4v) is 2.96. The van der Waals surface area contributed by atoms with Crippen LogP contribution in [-0.4, -0.2) is 68.3 Å². The number of morpholine rings is 1. The van der Waals surface area contributed by atoms with Crippen molar-refractivity contribution in [2.24, 2.45) is 5.10 Å². The summed E-state index contributed by atoms with van der Waals surface area (Å²) in [7, 11) is 0. The smallest absolute Gasteiger partial charge is 0.407 e. The predicted octanol–water partition coefficient (Wildman–Crippen LogP) is 2.58. The zero-order chi connectivity index (χ0) is 22.6. The van der Waals surface area contributed by atoms with Gasteiger partial charge in [0.2, 0.25) is 11.8 Å². The number of hydrogen-bond acceptors (Lipinski definition) is 9. The van der Waals surface area contributed by atoms with E-state index < -0.39 is 6.09 Å². The van der Waals surface area contributed by atoms with E-state index in [0.29, 0.717) is 37.4 Å². The molecule has 1 fully saturated rings. The predicted molar refractivity (Wildman–Crippen MR) is 123 cm³/mol. The minimum absolute atomic E-state index is 0.112. The van der Waals surface area contributed by atoms with Gasteiger partial charge in [-0.3, -0.25) is 0 Å². The van der Waals surface area contributed by atoms with Gasteiger partial charge in [-0.2, -0.15) is 15.1 Å². The van der Waals surface area contributed by atoms with Crippen LogP contribution in [0.4, 0.5) is 16.6 Å². The van der Waals surface area contributed by atoms with Crippen LogP contribution in [0, 0.1) is 6.92 Å². The molecule has 10 nitrogen and oxygen atoms in total. The minimum Gasteiger partial charge on any atom is -0.474 e. The maximum atomic E-state index is 11.5. The molecule has 0 aliphatic carbocycles. The highest BCUT2D eigenvalue weighted by Gasteiger charge is 2.15. The average molecular weight is 443 g/mol. The van der Waals surface area contributed by atoms with Gasteiger partial charge in [0.1, 0.15) is 19.0 Å². The Hall–Kier alpha value is -3.40. The second-order valence-corrected chi connectivity index (χ2v) is 7.18. The van der Waals surface area contributed by atoms with E-state index in [9.17, 15) is 4.79 Å². The molecule has 1 aliphatic rings. The third-order valence-electron chi connectivity index (χ3n) is 4.53. The summed E-state index contributed by atoms with van der Waals surface area (Å²) in [5.74, 6) is 1.40. The SMILES string of the molecule is CCCNC(=O)OCCOc1cc(N2CCOCC2)nc(NN=Cc2cccc(C)c2)n1. The number of carbonyl (C=O) groups excluding carboxylic acids is 1. The molecule has 0 radical (unpaired) electrons. The number of benzene rings is 1. The van der Waals surface area contributed by atoms with Gasteiger partial charge in [-0.15, -0.1) is 0 Å². The summed E-state index contributed by atoms with van der Waals surface area (Å²) in [5, 5.41) is 6.90. The van der Waals surface area contributed by atoms with Crippen LogP contribution in [0.5, 0.6) is 5.88 Å². The molecule has 1 aromatic carbocycles. The van der Waals surface area contributed by atoms with Gasteiger partial charge in [0.05, 0.1) is 19.4 Å². The molecule has 2 aromatic rings. The molecule has 32 heavy (non-hydrogen) atoms. The molecular weight excluding hydrogens is 412 g/mol. The Morgan fingerprint density at radius 3 is 2.88 bits per heavy atom. The van der Waals surface area contributed by atoms with Crippen molar-refractivity contribution < 1.29 is 19.0 Å². The zero-order valence-corrected chi connectivity index (χ0v) is 18.5. The van der Waals surface area contributed by atoms with Crippen LogP contribution in [0.2, 0.25) is 0 Å². The van der Waals surface area contributed by atoms with Gasteiger partial charge in [-0.25, -0.2) is 10.2 Å². The molecular formula is C22H30N6O4. The highest BCUT2D eigenvalue weighted by atomic mass is 16.6. The topological polar surface area (TPSA) is 110 Å². The van der Waals surface area contributed by atoms with Crippen LogP contribution >= 0.6 is 0 Å². The van der Waals surface area contributed by atoms with Crippen molar-refractivity contribution in [2.45, 2.75) is 20.3 Å². The molecule has 1 aliphatic heterocycles. The van der Waals surface area contributed by atoms with Crippen molar-refractivity contribution in [1.82, 2.24) is 15.3 Å². The molecule has 172 valence electrons. The van der Waals surface area contributed by atoms with Crippen molar-refractivity contribution in [2.75, 3.05) is 56.4 Å². The standard InChI is InChI=1S/C22H30N6O4/c1-3-7-23-22(29)32-13-12-31-20-15-19(28-8-10-30-11-9-28)25-21(26-20)27-24-16-18-6-4-5-17(2)14-18/h4-6,14-16H,3,7-13H2,1-2H3,(H,23,29)(H,25,26,27). The van der Waals surface area contributed by atoms with Crippen molar-refractivity contribution >= 4 is 24.1 Å². The maximum Gasteiger partial charge on any atom is 0.407 e.